The van der Waals surface area contributed by atoms with E-state index in [-0.39, 0.29) is 12.4 Å². The molecule has 0 radical (unpaired) electrons. The minimum Gasteiger partial charge on any atom is -0.329 e. The summed E-state index contributed by atoms with van der Waals surface area (Å²) in [5, 5.41) is 3.99. The molecule has 1 aromatic rings. The SMILES string of the molecule is Cl.NCCNCc1ccccc1Cl. The standard InChI is InChI=1S/C9H13ClN2.ClH/c10-9-4-2-1-3-8(9)7-12-6-5-11;/h1-4,12H,5-7,11H2;1H. The number of nitrogens with one attached hydrogen (secondary N) is 1. The van der Waals surface area contributed by atoms with Crippen molar-refractivity contribution in [2.75, 3.05) is 13.1 Å². The van der Waals surface area contributed by atoms with Gasteiger partial charge in [0.2, 0.25) is 0 Å². The van der Waals surface area contributed by atoms with Crippen LogP contribution in [0.15, 0.2) is 24.3 Å². The van der Waals surface area contributed by atoms with Crippen LogP contribution in [-0.2, 0) is 6.54 Å². The van der Waals surface area contributed by atoms with Gasteiger partial charge >= 0.3 is 0 Å². The van der Waals surface area contributed by atoms with Crippen molar-refractivity contribution in [2.24, 2.45) is 5.73 Å². The molecule has 0 saturated carbocycles. The summed E-state index contributed by atoms with van der Waals surface area (Å²) in [5.74, 6) is 0. The van der Waals surface area contributed by atoms with E-state index in [0.717, 1.165) is 23.7 Å². The van der Waals surface area contributed by atoms with Gasteiger partial charge in [0.05, 0.1) is 0 Å². The van der Waals surface area contributed by atoms with Crippen molar-refractivity contribution in [3.05, 3.63) is 34.9 Å². The molecule has 0 bridgehead atoms. The monoisotopic (exact) mass is 220 g/mol. The first-order valence-corrected chi connectivity index (χ1v) is 4.36. The zero-order valence-electron chi connectivity index (χ0n) is 7.29. The fourth-order valence-electron chi connectivity index (χ4n) is 0.967. The molecule has 0 amide bonds. The molecule has 74 valence electrons. The molecule has 0 saturated heterocycles. The van der Waals surface area contributed by atoms with E-state index in [2.05, 4.69) is 5.32 Å². The quantitative estimate of drug-likeness (QED) is 0.761. The van der Waals surface area contributed by atoms with E-state index in [1.165, 1.54) is 0 Å². The molecule has 4 heteroatoms. The average Bonchev–Trinajstić information content (AvgIpc) is 2.09. The van der Waals surface area contributed by atoms with Gasteiger partial charge in [-0.15, -0.1) is 12.4 Å². The van der Waals surface area contributed by atoms with E-state index in [0.29, 0.717) is 6.54 Å². The Morgan fingerprint density at radius 1 is 1.31 bits per heavy atom. The van der Waals surface area contributed by atoms with Crippen LogP contribution in [0.25, 0.3) is 0 Å². The second-order valence-electron chi connectivity index (χ2n) is 2.56. The van der Waals surface area contributed by atoms with Gasteiger partial charge in [0.15, 0.2) is 0 Å². The van der Waals surface area contributed by atoms with Gasteiger partial charge in [-0.3, -0.25) is 0 Å². The minimum absolute atomic E-state index is 0. The molecule has 0 heterocycles. The van der Waals surface area contributed by atoms with Crippen LogP contribution in [0.3, 0.4) is 0 Å². The number of nitrogens with two attached hydrogens (primary N) is 1. The Morgan fingerprint density at radius 3 is 2.62 bits per heavy atom. The number of hydrogen-bond acceptors (Lipinski definition) is 2. The molecule has 0 aliphatic heterocycles. The summed E-state index contributed by atoms with van der Waals surface area (Å²) in [7, 11) is 0. The van der Waals surface area contributed by atoms with Crippen molar-refractivity contribution in [2.45, 2.75) is 6.54 Å². The third-order valence-corrected chi connectivity index (χ3v) is 1.96. The van der Waals surface area contributed by atoms with Crippen molar-refractivity contribution in [3.8, 4) is 0 Å². The van der Waals surface area contributed by atoms with Gasteiger partial charge in [0, 0.05) is 24.7 Å². The number of hydrogen-bond donors (Lipinski definition) is 2. The Morgan fingerprint density at radius 2 is 2.00 bits per heavy atom. The largest absolute Gasteiger partial charge is 0.329 e. The lowest BCUT2D eigenvalue weighted by atomic mass is 10.2. The fourth-order valence-corrected chi connectivity index (χ4v) is 1.17. The second-order valence-corrected chi connectivity index (χ2v) is 2.96. The molecular weight excluding hydrogens is 207 g/mol. The van der Waals surface area contributed by atoms with Crippen molar-refractivity contribution < 1.29 is 0 Å². The summed E-state index contributed by atoms with van der Waals surface area (Å²) in [6.07, 6.45) is 0. The lowest BCUT2D eigenvalue weighted by Gasteiger charge is -2.04. The predicted molar refractivity (Wildman–Crippen MR) is 59.5 cm³/mol. The first-order valence-electron chi connectivity index (χ1n) is 3.99. The molecule has 1 rings (SSSR count). The van der Waals surface area contributed by atoms with E-state index in [1.807, 2.05) is 24.3 Å². The summed E-state index contributed by atoms with van der Waals surface area (Å²) in [5.41, 5.74) is 6.45. The second kappa shape index (κ2) is 7.15. The van der Waals surface area contributed by atoms with Crippen LogP contribution in [0, 0.1) is 0 Å². The zero-order chi connectivity index (χ0) is 8.81. The lowest BCUT2D eigenvalue weighted by Crippen LogP contribution is -2.21. The van der Waals surface area contributed by atoms with Gasteiger partial charge < -0.3 is 11.1 Å². The highest BCUT2D eigenvalue weighted by Gasteiger charge is 1.96. The lowest BCUT2D eigenvalue weighted by molar-refractivity contribution is 0.695. The van der Waals surface area contributed by atoms with Gasteiger partial charge in [0.1, 0.15) is 0 Å². The molecule has 13 heavy (non-hydrogen) atoms. The Hall–Kier alpha value is -0.280. The van der Waals surface area contributed by atoms with Crippen LogP contribution in [0.1, 0.15) is 5.56 Å². The Bertz CT molecular complexity index is 241. The van der Waals surface area contributed by atoms with E-state index in [1.54, 1.807) is 0 Å². The highest BCUT2D eigenvalue weighted by atomic mass is 35.5. The summed E-state index contributed by atoms with van der Waals surface area (Å²) in [4.78, 5) is 0. The maximum Gasteiger partial charge on any atom is 0.0450 e. The fraction of sp³-hybridized carbons (Fsp3) is 0.333. The van der Waals surface area contributed by atoms with Gasteiger partial charge in [-0.2, -0.15) is 0 Å². The first-order chi connectivity index (χ1) is 5.84. The molecule has 0 aliphatic rings. The third-order valence-electron chi connectivity index (χ3n) is 1.59. The van der Waals surface area contributed by atoms with Gasteiger partial charge in [-0.25, -0.2) is 0 Å². The Labute approximate surface area is 89.9 Å². The molecule has 0 unspecified atom stereocenters. The summed E-state index contributed by atoms with van der Waals surface area (Å²) < 4.78 is 0. The maximum absolute atomic E-state index is 5.93. The molecule has 0 spiro atoms. The van der Waals surface area contributed by atoms with Crippen LogP contribution in [0.4, 0.5) is 0 Å². The smallest absolute Gasteiger partial charge is 0.0450 e. The summed E-state index contributed by atoms with van der Waals surface area (Å²) in [6, 6.07) is 7.80. The van der Waals surface area contributed by atoms with Crippen molar-refractivity contribution in [1.29, 1.82) is 0 Å². The zero-order valence-corrected chi connectivity index (χ0v) is 8.87. The Kier molecular flexibility index (Phi) is 7.00. The molecular formula is C9H14Cl2N2. The molecule has 0 fully saturated rings. The predicted octanol–water partition coefficient (Wildman–Crippen LogP) is 1.81. The van der Waals surface area contributed by atoms with Crippen LogP contribution < -0.4 is 11.1 Å². The number of rotatable bonds is 4. The highest BCUT2D eigenvalue weighted by molar-refractivity contribution is 6.31. The minimum atomic E-state index is 0. The molecule has 1 aromatic carbocycles. The van der Waals surface area contributed by atoms with Gasteiger partial charge in [-0.1, -0.05) is 29.8 Å². The summed E-state index contributed by atoms with van der Waals surface area (Å²) in [6.45, 7) is 2.27. The number of benzene rings is 1. The first kappa shape index (κ1) is 12.7. The average molecular weight is 221 g/mol. The molecule has 0 atom stereocenters. The summed E-state index contributed by atoms with van der Waals surface area (Å²) >= 11 is 5.93. The topological polar surface area (TPSA) is 38.0 Å². The van der Waals surface area contributed by atoms with E-state index in [9.17, 15) is 0 Å². The van der Waals surface area contributed by atoms with Crippen LogP contribution in [0.2, 0.25) is 5.02 Å². The molecule has 0 aromatic heterocycles. The van der Waals surface area contributed by atoms with Gasteiger partial charge in [-0.05, 0) is 11.6 Å². The Balaban J connectivity index is 0.00000144. The number of halogens is 2. The third kappa shape index (κ3) is 4.48. The van der Waals surface area contributed by atoms with E-state index in [4.69, 9.17) is 17.3 Å². The van der Waals surface area contributed by atoms with Crippen molar-refractivity contribution in [3.63, 3.8) is 0 Å². The molecule has 0 aliphatic carbocycles. The molecule has 3 N–H and O–H groups in total. The van der Waals surface area contributed by atoms with Crippen LogP contribution in [-0.4, -0.2) is 13.1 Å². The molecule has 2 nitrogen and oxygen atoms in total. The highest BCUT2D eigenvalue weighted by Crippen LogP contribution is 2.13. The van der Waals surface area contributed by atoms with Crippen LogP contribution >= 0.6 is 24.0 Å². The van der Waals surface area contributed by atoms with E-state index < -0.39 is 0 Å². The van der Waals surface area contributed by atoms with Crippen LogP contribution in [0.5, 0.6) is 0 Å². The van der Waals surface area contributed by atoms with Crippen molar-refractivity contribution >= 4 is 24.0 Å². The normalized spacial score (nSPS) is 9.38. The van der Waals surface area contributed by atoms with Crippen molar-refractivity contribution in [1.82, 2.24) is 5.32 Å². The van der Waals surface area contributed by atoms with E-state index >= 15 is 0 Å². The maximum atomic E-state index is 5.93. The van der Waals surface area contributed by atoms with Gasteiger partial charge in [0.25, 0.3) is 0 Å².